The number of aliphatic hydroxyl groups is 1. The number of fused-ring (bicyclic) bond motifs is 1. The lowest BCUT2D eigenvalue weighted by atomic mass is 10.2. The number of benzene rings is 1. The monoisotopic (exact) mass is 229 g/mol. The summed E-state index contributed by atoms with van der Waals surface area (Å²) in [5, 5.41) is 12.9. The summed E-state index contributed by atoms with van der Waals surface area (Å²) in [6.45, 7) is 2.49. The van der Waals surface area contributed by atoms with Crippen molar-refractivity contribution < 1.29 is 5.11 Å². The van der Waals surface area contributed by atoms with E-state index in [4.69, 9.17) is 5.11 Å². The highest BCUT2D eigenvalue weighted by Crippen LogP contribution is 2.20. The van der Waals surface area contributed by atoms with Crippen molar-refractivity contribution in [2.24, 2.45) is 0 Å². The number of nitrogens with zero attached hydrogens (tertiary/aromatic N) is 2. The molecular weight excluding hydrogens is 214 g/mol. The Hall–Kier alpha value is -1.94. The molecule has 17 heavy (non-hydrogen) atoms. The van der Waals surface area contributed by atoms with Crippen LogP contribution in [0.3, 0.4) is 0 Å². The average Bonchev–Trinajstić information content (AvgIpc) is 2.36. The van der Waals surface area contributed by atoms with E-state index in [1.165, 1.54) is 0 Å². The molecular formula is C13H15N3O. The third-order valence-corrected chi connectivity index (χ3v) is 2.34. The minimum absolute atomic E-state index is 0.0806. The van der Waals surface area contributed by atoms with Crippen molar-refractivity contribution in [1.82, 2.24) is 9.97 Å². The molecule has 0 amide bonds. The van der Waals surface area contributed by atoms with Crippen molar-refractivity contribution in [3.05, 3.63) is 36.2 Å². The summed E-state index contributed by atoms with van der Waals surface area (Å²) in [5.41, 5.74) is 0.899. The van der Waals surface area contributed by atoms with E-state index < -0.39 is 0 Å². The molecule has 1 heterocycles. The van der Waals surface area contributed by atoms with Crippen molar-refractivity contribution in [3.63, 3.8) is 0 Å². The molecule has 0 unspecified atom stereocenters. The molecule has 4 nitrogen and oxygen atoms in total. The molecule has 2 aromatic rings. The summed E-state index contributed by atoms with van der Waals surface area (Å²) in [6.07, 6.45) is 3.76. The Morgan fingerprint density at radius 1 is 1.29 bits per heavy atom. The summed E-state index contributed by atoms with van der Waals surface area (Å²) in [6, 6.07) is 7.82. The van der Waals surface area contributed by atoms with Gasteiger partial charge < -0.3 is 10.4 Å². The minimum Gasteiger partial charge on any atom is -0.395 e. The molecule has 0 radical (unpaired) electrons. The maximum atomic E-state index is 8.85. The van der Waals surface area contributed by atoms with Gasteiger partial charge >= 0.3 is 0 Å². The fraction of sp³-hybridized carbons (Fsp3) is 0.231. The van der Waals surface area contributed by atoms with Gasteiger partial charge in [-0.05, 0) is 25.1 Å². The maximum absolute atomic E-state index is 8.85. The predicted octanol–water partition coefficient (Wildman–Crippen LogP) is 2.07. The molecule has 0 saturated carbocycles. The second-order valence-corrected chi connectivity index (χ2v) is 3.60. The fourth-order valence-electron chi connectivity index (χ4n) is 1.63. The summed E-state index contributed by atoms with van der Waals surface area (Å²) >= 11 is 0. The number of hydrogen-bond acceptors (Lipinski definition) is 4. The molecule has 0 aliphatic rings. The van der Waals surface area contributed by atoms with E-state index in [9.17, 15) is 0 Å². The Kier molecular flexibility index (Phi) is 3.67. The zero-order valence-corrected chi connectivity index (χ0v) is 9.72. The van der Waals surface area contributed by atoms with Crippen LogP contribution in [0.1, 0.15) is 12.7 Å². The Balaban J connectivity index is 2.52. The molecule has 0 fully saturated rings. The lowest BCUT2D eigenvalue weighted by Gasteiger charge is -2.08. The third kappa shape index (κ3) is 2.60. The highest BCUT2D eigenvalue weighted by Gasteiger charge is 2.04. The van der Waals surface area contributed by atoms with Crippen LogP contribution < -0.4 is 5.32 Å². The first-order valence-corrected chi connectivity index (χ1v) is 5.59. The maximum Gasteiger partial charge on any atom is 0.154 e. The van der Waals surface area contributed by atoms with Crippen LogP contribution in [0, 0.1) is 0 Å². The smallest absolute Gasteiger partial charge is 0.154 e. The summed E-state index contributed by atoms with van der Waals surface area (Å²) in [4.78, 5) is 8.84. The van der Waals surface area contributed by atoms with Gasteiger partial charge in [0.25, 0.3) is 0 Å². The van der Waals surface area contributed by atoms with Gasteiger partial charge in [0.1, 0.15) is 5.82 Å². The first-order valence-electron chi connectivity index (χ1n) is 5.59. The van der Waals surface area contributed by atoms with E-state index in [1.54, 1.807) is 0 Å². The normalized spacial score (nSPS) is 11.2. The first-order chi connectivity index (χ1) is 8.35. The van der Waals surface area contributed by atoms with Gasteiger partial charge in [-0.1, -0.05) is 18.2 Å². The van der Waals surface area contributed by atoms with E-state index in [0.717, 1.165) is 16.7 Å². The molecule has 0 aliphatic carbocycles. The Morgan fingerprint density at radius 3 is 2.88 bits per heavy atom. The van der Waals surface area contributed by atoms with Gasteiger partial charge in [-0.15, -0.1) is 0 Å². The van der Waals surface area contributed by atoms with E-state index in [2.05, 4.69) is 15.3 Å². The fourth-order valence-corrected chi connectivity index (χ4v) is 1.63. The van der Waals surface area contributed by atoms with E-state index in [-0.39, 0.29) is 6.61 Å². The van der Waals surface area contributed by atoms with Gasteiger partial charge in [-0.25, -0.2) is 9.97 Å². The van der Waals surface area contributed by atoms with E-state index >= 15 is 0 Å². The third-order valence-electron chi connectivity index (χ3n) is 2.34. The summed E-state index contributed by atoms with van der Waals surface area (Å²) < 4.78 is 0. The number of nitrogens with one attached hydrogen (secondary N) is 1. The highest BCUT2D eigenvalue weighted by molar-refractivity contribution is 5.89. The van der Waals surface area contributed by atoms with E-state index in [0.29, 0.717) is 12.4 Å². The van der Waals surface area contributed by atoms with Crippen LogP contribution in [0.25, 0.3) is 17.0 Å². The molecule has 0 spiro atoms. The number of para-hydroxylation sites is 1. The standard InChI is InChI=1S/C13H15N3O/c1-2-5-12-15-11-7-4-3-6-10(11)13(16-12)14-8-9-17/h2-7,17H,8-9H2,1H3,(H,14,15,16)/b5-2+. The second-order valence-electron chi connectivity index (χ2n) is 3.60. The largest absolute Gasteiger partial charge is 0.395 e. The van der Waals surface area contributed by atoms with E-state index in [1.807, 2.05) is 43.3 Å². The molecule has 0 atom stereocenters. The van der Waals surface area contributed by atoms with Gasteiger partial charge in [0, 0.05) is 11.9 Å². The van der Waals surface area contributed by atoms with Crippen molar-refractivity contribution in [3.8, 4) is 0 Å². The van der Waals surface area contributed by atoms with Gasteiger partial charge in [-0.2, -0.15) is 0 Å². The molecule has 2 N–H and O–H groups in total. The number of allylic oxidation sites excluding steroid dienone is 1. The molecule has 1 aromatic carbocycles. The van der Waals surface area contributed by atoms with Crippen LogP contribution in [0.5, 0.6) is 0 Å². The number of aliphatic hydroxyl groups excluding tert-OH is 1. The van der Waals surface area contributed by atoms with Crippen LogP contribution in [-0.2, 0) is 0 Å². The lowest BCUT2D eigenvalue weighted by Crippen LogP contribution is -2.08. The SMILES string of the molecule is C/C=C/c1nc(NCCO)c2ccccc2n1. The topological polar surface area (TPSA) is 58.0 Å². The molecule has 0 aliphatic heterocycles. The quantitative estimate of drug-likeness (QED) is 0.842. The summed E-state index contributed by atoms with van der Waals surface area (Å²) in [5.74, 6) is 1.43. The van der Waals surface area contributed by atoms with Gasteiger partial charge in [-0.3, -0.25) is 0 Å². The van der Waals surface area contributed by atoms with Crippen molar-refractivity contribution in [2.75, 3.05) is 18.5 Å². The molecule has 0 saturated heterocycles. The predicted molar refractivity (Wildman–Crippen MR) is 69.8 cm³/mol. The molecule has 0 bridgehead atoms. The van der Waals surface area contributed by atoms with Gasteiger partial charge in [0.2, 0.25) is 0 Å². The first kappa shape index (κ1) is 11.5. The number of rotatable bonds is 4. The molecule has 4 heteroatoms. The molecule has 1 aromatic heterocycles. The van der Waals surface area contributed by atoms with Crippen molar-refractivity contribution in [2.45, 2.75) is 6.92 Å². The van der Waals surface area contributed by atoms with Crippen LogP contribution in [0.4, 0.5) is 5.82 Å². The van der Waals surface area contributed by atoms with Crippen LogP contribution >= 0.6 is 0 Å². The molecule has 88 valence electrons. The number of aromatic nitrogens is 2. The number of hydrogen-bond donors (Lipinski definition) is 2. The van der Waals surface area contributed by atoms with Gasteiger partial charge in [0.15, 0.2) is 5.82 Å². The highest BCUT2D eigenvalue weighted by atomic mass is 16.3. The second kappa shape index (κ2) is 5.41. The van der Waals surface area contributed by atoms with Crippen LogP contribution in [0.15, 0.2) is 30.3 Å². The Bertz CT molecular complexity index is 537. The minimum atomic E-state index is 0.0806. The zero-order chi connectivity index (χ0) is 12.1. The zero-order valence-electron chi connectivity index (χ0n) is 9.72. The lowest BCUT2D eigenvalue weighted by molar-refractivity contribution is 0.311. The van der Waals surface area contributed by atoms with Crippen LogP contribution in [-0.4, -0.2) is 28.2 Å². The Labute approximate surface area is 100 Å². The average molecular weight is 229 g/mol. The van der Waals surface area contributed by atoms with Gasteiger partial charge in [0.05, 0.1) is 12.1 Å². The van der Waals surface area contributed by atoms with Crippen molar-refractivity contribution in [1.29, 1.82) is 0 Å². The Morgan fingerprint density at radius 2 is 2.12 bits per heavy atom. The summed E-state index contributed by atoms with van der Waals surface area (Å²) in [7, 11) is 0. The van der Waals surface area contributed by atoms with Crippen molar-refractivity contribution >= 4 is 22.8 Å². The van der Waals surface area contributed by atoms with Crippen LogP contribution in [0.2, 0.25) is 0 Å². The molecule has 2 rings (SSSR count). The number of anilines is 1.